The zero-order chi connectivity index (χ0) is 29.8. The zero-order valence-electron chi connectivity index (χ0n) is 24.8. The van der Waals surface area contributed by atoms with Crippen LogP contribution >= 0.6 is 0 Å². The van der Waals surface area contributed by atoms with Crippen molar-refractivity contribution < 1.29 is 29.0 Å². The summed E-state index contributed by atoms with van der Waals surface area (Å²) in [6, 6.07) is 7.90. The Morgan fingerprint density at radius 3 is 2.56 bits per heavy atom. The smallest absolute Gasteiger partial charge is 0.312 e. The molecule has 0 aromatic heterocycles. The third kappa shape index (κ3) is 5.37. The Morgan fingerprint density at radius 1 is 1.22 bits per heavy atom. The molecular weight excluding hydrogens is 520 g/mol. The lowest BCUT2D eigenvalue weighted by Crippen LogP contribution is -2.60. The molecule has 1 aromatic carbocycles. The predicted octanol–water partition coefficient (Wildman–Crippen LogP) is 4.07. The number of likely N-dealkylation sites (tertiary alicyclic amines) is 1. The van der Waals surface area contributed by atoms with E-state index < -0.39 is 41.1 Å². The summed E-state index contributed by atoms with van der Waals surface area (Å²) in [5.74, 6) is -2.69. The highest BCUT2D eigenvalue weighted by molar-refractivity contribution is 5.99. The molecule has 3 aliphatic heterocycles. The van der Waals surface area contributed by atoms with E-state index in [-0.39, 0.29) is 31.1 Å². The minimum absolute atomic E-state index is 0.0852. The van der Waals surface area contributed by atoms with Crippen molar-refractivity contribution in [3.8, 4) is 0 Å². The van der Waals surface area contributed by atoms with Crippen molar-refractivity contribution in [1.82, 2.24) is 9.80 Å². The minimum Gasteiger partial charge on any atom is -0.465 e. The number of hydrogen-bond acceptors (Lipinski definition) is 6. The number of carbonyl (C=O) groups excluding carboxylic acids is 3. The second kappa shape index (κ2) is 12.9. The van der Waals surface area contributed by atoms with Crippen molar-refractivity contribution in [3.05, 3.63) is 61.2 Å². The second-order valence-electron chi connectivity index (χ2n) is 11.8. The number of benzene rings is 1. The fourth-order valence-electron chi connectivity index (χ4n) is 7.51. The number of nitrogens with zero attached hydrogens (tertiary/aromatic N) is 2. The molecule has 3 fully saturated rings. The van der Waals surface area contributed by atoms with Crippen molar-refractivity contribution in [2.24, 2.45) is 11.8 Å². The molecule has 4 rings (SSSR count). The normalized spacial score (nSPS) is 29.6. The summed E-state index contributed by atoms with van der Waals surface area (Å²) in [4.78, 5) is 46.2. The van der Waals surface area contributed by atoms with Gasteiger partial charge in [0.15, 0.2) is 0 Å². The first-order valence-corrected chi connectivity index (χ1v) is 15.1. The molecule has 3 unspecified atom stereocenters. The Labute approximate surface area is 244 Å². The van der Waals surface area contributed by atoms with Gasteiger partial charge in [-0.05, 0) is 51.0 Å². The van der Waals surface area contributed by atoms with Crippen LogP contribution in [0.1, 0.15) is 64.9 Å². The van der Waals surface area contributed by atoms with Gasteiger partial charge in [0.1, 0.15) is 17.6 Å². The van der Waals surface area contributed by atoms with Crippen molar-refractivity contribution >= 4 is 17.8 Å². The first-order chi connectivity index (χ1) is 19.7. The van der Waals surface area contributed by atoms with E-state index >= 15 is 0 Å². The van der Waals surface area contributed by atoms with E-state index in [0.29, 0.717) is 38.6 Å². The number of fused-ring (bicyclic) bond motifs is 1. The van der Waals surface area contributed by atoms with Gasteiger partial charge in [-0.3, -0.25) is 14.4 Å². The van der Waals surface area contributed by atoms with Crippen LogP contribution in [0.2, 0.25) is 0 Å². The summed E-state index contributed by atoms with van der Waals surface area (Å²) in [6.45, 7) is 13.8. The molecule has 1 aromatic rings. The Kier molecular flexibility index (Phi) is 9.75. The first-order valence-electron chi connectivity index (χ1n) is 15.1. The monoisotopic (exact) mass is 566 g/mol. The number of esters is 1. The van der Waals surface area contributed by atoms with Crippen LogP contribution in [0.15, 0.2) is 55.6 Å². The molecule has 224 valence electrons. The molecule has 0 aliphatic carbocycles. The standard InChI is InChI=1S/C33H46N2O6/c1-6-10-20-40-31(39)27-26-29(37)35(25(22-36)21-24-15-12-11-13-16-24)28(33(26)18-17-32(27,9-4)41-33)30(38)34(19-8-3)23(5)14-7-2/h6,8,11-13,15-16,23,25-28,36H,1,3,7,9-10,14,17-22H2,2,4-5H3/t23?,25-,26+,27-,28?,32+,33?/m1/s1. The number of rotatable bonds is 15. The van der Waals surface area contributed by atoms with Crippen molar-refractivity contribution in [2.45, 2.75) is 95.0 Å². The quantitative estimate of drug-likeness (QED) is 0.195. The number of carbonyl (C=O) groups is 3. The number of ether oxygens (including phenoxy) is 2. The maximum Gasteiger partial charge on any atom is 0.312 e. The van der Waals surface area contributed by atoms with Gasteiger partial charge in [-0.1, -0.05) is 62.8 Å². The molecule has 3 aliphatic rings. The summed E-state index contributed by atoms with van der Waals surface area (Å²) in [5, 5.41) is 10.7. The molecule has 1 N–H and O–H groups in total. The number of aliphatic hydroxyl groups is 1. The van der Waals surface area contributed by atoms with Crippen LogP contribution in [0.25, 0.3) is 0 Å². The molecule has 41 heavy (non-hydrogen) atoms. The highest BCUT2D eigenvalue weighted by Crippen LogP contribution is 2.65. The molecule has 2 bridgehead atoms. The van der Waals surface area contributed by atoms with Gasteiger partial charge >= 0.3 is 5.97 Å². The van der Waals surface area contributed by atoms with E-state index in [9.17, 15) is 19.5 Å². The van der Waals surface area contributed by atoms with Gasteiger partial charge in [0, 0.05) is 12.6 Å². The fraction of sp³-hybridized carbons (Fsp3) is 0.606. The van der Waals surface area contributed by atoms with Gasteiger partial charge < -0.3 is 24.4 Å². The Balaban J connectivity index is 1.82. The van der Waals surface area contributed by atoms with E-state index in [1.54, 1.807) is 22.0 Å². The SMILES string of the molecule is C=CCCOC(=O)[C@H]1[C@H]2C(=O)N([C@@H](CO)Cc3ccccc3)C(C(=O)N(CC=C)C(C)CCC)C23CC[C@]1(CC)O3. The molecule has 1 spiro atoms. The van der Waals surface area contributed by atoms with Crippen LogP contribution in [0.4, 0.5) is 0 Å². The van der Waals surface area contributed by atoms with Crippen LogP contribution in [0.3, 0.4) is 0 Å². The third-order valence-corrected chi connectivity index (χ3v) is 9.44. The topological polar surface area (TPSA) is 96.4 Å². The molecule has 8 heteroatoms. The van der Waals surface area contributed by atoms with Crippen LogP contribution in [0.5, 0.6) is 0 Å². The lowest BCUT2D eigenvalue weighted by molar-refractivity contribution is -0.164. The van der Waals surface area contributed by atoms with Crippen molar-refractivity contribution in [1.29, 1.82) is 0 Å². The molecule has 2 amide bonds. The van der Waals surface area contributed by atoms with E-state index in [4.69, 9.17) is 9.47 Å². The second-order valence-corrected chi connectivity index (χ2v) is 11.8. The first kappa shape index (κ1) is 31.0. The van der Waals surface area contributed by atoms with Gasteiger partial charge in [0.05, 0.1) is 30.8 Å². The van der Waals surface area contributed by atoms with Crippen LogP contribution in [-0.2, 0) is 30.3 Å². The van der Waals surface area contributed by atoms with Gasteiger partial charge in [-0.25, -0.2) is 0 Å². The molecule has 0 radical (unpaired) electrons. The van der Waals surface area contributed by atoms with E-state index in [2.05, 4.69) is 20.1 Å². The molecular formula is C33H46N2O6. The Morgan fingerprint density at radius 2 is 1.95 bits per heavy atom. The van der Waals surface area contributed by atoms with Crippen LogP contribution in [-0.4, -0.2) is 81.8 Å². The predicted molar refractivity (Wildman–Crippen MR) is 157 cm³/mol. The van der Waals surface area contributed by atoms with E-state index in [1.165, 1.54) is 0 Å². The summed E-state index contributed by atoms with van der Waals surface area (Å²) >= 11 is 0. The summed E-state index contributed by atoms with van der Waals surface area (Å²) in [7, 11) is 0. The molecule has 0 saturated carbocycles. The van der Waals surface area contributed by atoms with Gasteiger partial charge in [0.25, 0.3) is 0 Å². The molecule has 3 heterocycles. The van der Waals surface area contributed by atoms with E-state index in [1.807, 2.05) is 44.2 Å². The van der Waals surface area contributed by atoms with Gasteiger partial charge in [-0.2, -0.15) is 0 Å². The minimum atomic E-state index is -1.18. The highest BCUT2D eigenvalue weighted by atomic mass is 16.6. The van der Waals surface area contributed by atoms with Crippen molar-refractivity contribution in [2.75, 3.05) is 19.8 Å². The maximum absolute atomic E-state index is 14.7. The number of amides is 2. The molecule has 7 atom stereocenters. The lowest BCUT2D eigenvalue weighted by atomic mass is 9.65. The third-order valence-electron chi connectivity index (χ3n) is 9.44. The van der Waals surface area contributed by atoms with Gasteiger partial charge in [-0.15, -0.1) is 13.2 Å². The average Bonchev–Trinajstić information content (AvgIpc) is 3.58. The average molecular weight is 567 g/mol. The highest BCUT2D eigenvalue weighted by Gasteiger charge is 2.79. The van der Waals surface area contributed by atoms with Crippen LogP contribution < -0.4 is 0 Å². The summed E-state index contributed by atoms with van der Waals surface area (Å²) in [5.41, 5.74) is -1.11. The molecule has 3 saturated heterocycles. The molecule has 8 nitrogen and oxygen atoms in total. The number of hydrogen-bond donors (Lipinski definition) is 1. The van der Waals surface area contributed by atoms with Gasteiger partial charge in [0.2, 0.25) is 11.8 Å². The zero-order valence-corrected chi connectivity index (χ0v) is 24.8. The van der Waals surface area contributed by atoms with E-state index in [0.717, 1.165) is 18.4 Å². The fourth-order valence-corrected chi connectivity index (χ4v) is 7.51. The summed E-state index contributed by atoms with van der Waals surface area (Å²) in [6.07, 6.45) is 7.51. The lowest BCUT2D eigenvalue weighted by Gasteiger charge is -2.41. The van der Waals surface area contributed by atoms with Crippen LogP contribution in [0, 0.1) is 11.8 Å². The maximum atomic E-state index is 14.7. The number of aliphatic hydroxyl groups excluding tert-OH is 1. The Hall–Kier alpha value is -2.97. The largest absolute Gasteiger partial charge is 0.465 e. The van der Waals surface area contributed by atoms with Crippen molar-refractivity contribution in [3.63, 3.8) is 0 Å². The Bertz CT molecular complexity index is 1120. The summed E-state index contributed by atoms with van der Waals surface area (Å²) < 4.78 is 12.5.